The zero-order chi connectivity index (χ0) is 29.0. The first-order valence-electron chi connectivity index (χ1n) is 16.6. The van der Waals surface area contributed by atoms with E-state index in [1.165, 1.54) is 24.8 Å². The van der Waals surface area contributed by atoms with Crippen LogP contribution in [0, 0.1) is 50.7 Å². The van der Waals surface area contributed by atoms with Crippen LogP contribution in [0.15, 0.2) is 11.1 Å². The van der Waals surface area contributed by atoms with Crippen LogP contribution >= 0.6 is 0 Å². The Kier molecular flexibility index (Phi) is 6.61. The molecule has 8 atom stereocenters. The first-order chi connectivity index (χ1) is 18.6. The molecule has 5 heteroatoms. The minimum Gasteiger partial charge on any atom is -0.393 e. The molecule has 0 spiro atoms. The Balaban J connectivity index is 1.42. The van der Waals surface area contributed by atoms with Crippen molar-refractivity contribution in [1.82, 2.24) is 9.80 Å². The summed E-state index contributed by atoms with van der Waals surface area (Å²) >= 11 is 0. The van der Waals surface area contributed by atoms with Gasteiger partial charge in [0.15, 0.2) is 5.78 Å². The molecule has 6 rings (SSSR count). The van der Waals surface area contributed by atoms with Crippen molar-refractivity contribution >= 4 is 11.7 Å². The lowest BCUT2D eigenvalue weighted by atomic mass is 9.33. The number of fused-ring (bicyclic) bond motifs is 7. The molecule has 6 aliphatic rings. The molecule has 4 saturated carbocycles. The maximum atomic E-state index is 14.6. The van der Waals surface area contributed by atoms with Gasteiger partial charge in [0.05, 0.1) is 11.5 Å². The van der Waals surface area contributed by atoms with Crippen LogP contribution in [0.3, 0.4) is 0 Å². The third-order valence-corrected chi connectivity index (χ3v) is 14.6. The molecule has 5 fully saturated rings. The van der Waals surface area contributed by atoms with Crippen LogP contribution < -0.4 is 0 Å². The summed E-state index contributed by atoms with van der Waals surface area (Å²) < 4.78 is 0. The molecule has 0 unspecified atom stereocenters. The summed E-state index contributed by atoms with van der Waals surface area (Å²) in [5, 5.41) is 11.0. The molecule has 0 aromatic heterocycles. The van der Waals surface area contributed by atoms with Crippen LogP contribution in [0.25, 0.3) is 0 Å². The molecule has 1 amide bonds. The SMILES string of the molecule is CC(C)C1=C2[C@H]3CC[C@@H]4[C@@]5(C)CC[C@H](O)C(C)(C)[C@@H]5CC[C@@]4(C)[C@]3(C)CC[C@@]2(C(=O)N2CCN(C)CC2)CC1=O. The molecule has 5 aliphatic carbocycles. The quantitative estimate of drug-likeness (QED) is 0.450. The highest BCUT2D eigenvalue weighted by atomic mass is 16.3. The number of allylic oxidation sites excluding steroid dienone is 1. The second-order valence-corrected chi connectivity index (χ2v) is 16.7. The van der Waals surface area contributed by atoms with Crippen LogP contribution in [-0.4, -0.2) is 65.9 Å². The van der Waals surface area contributed by atoms with E-state index in [2.05, 4.69) is 65.3 Å². The molecule has 1 saturated heterocycles. The van der Waals surface area contributed by atoms with Gasteiger partial charge in [-0.25, -0.2) is 0 Å². The van der Waals surface area contributed by atoms with Gasteiger partial charge in [0, 0.05) is 32.6 Å². The summed E-state index contributed by atoms with van der Waals surface area (Å²) in [5.41, 5.74) is 2.12. The van der Waals surface area contributed by atoms with E-state index in [0.717, 1.165) is 63.9 Å². The van der Waals surface area contributed by atoms with Gasteiger partial charge in [0.1, 0.15) is 0 Å². The maximum absolute atomic E-state index is 14.6. The number of piperazine rings is 1. The Labute approximate surface area is 243 Å². The normalized spacial score (nSPS) is 47.0. The number of likely N-dealkylation sites (N-methyl/N-ethyl adjacent to an activating group) is 1. The number of nitrogens with zero attached hydrogens (tertiary/aromatic N) is 2. The number of rotatable bonds is 2. The van der Waals surface area contributed by atoms with Crippen molar-refractivity contribution < 1.29 is 14.7 Å². The van der Waals surface area contributed by atoms with Gasteiger partial charge in [0.2, 0.25) is 5.91 Å². The van der Waals surface area contributed by atoms with Crippen LogP contribution in [0.5, 0.6) is 0 Å². The fourth-order valence-electron chi connectivity index (χ4n) is 12.2. The van der Waals surface area contributed by atoms with E-state index in [4.69, 9.17) is 0 Å². The molecule has 40 heavy (non-hydrogen) atoms. The summed E-state index contributed by atoms with van der Waals surface area (Å²) in [4.78, 5) is 32.8. The summed E-state index contributed by atoms with van der Waals surface area (Å²) in [5.74, 6) is 2.14. The number of carbonyl (C=O) groups is 2. The number of carbonyl (C=O) groups excluding carboxylic acids is 2. The third-order valence-electron chi connectivity index (χ3n) is 14.6. The number of Topliss-reactive ketones (excluding diaryl/α,β-unsaturated/α-hetero) is 1. The van der Waals surface area contributed by atoms with Crippen molar-refractivity contribution in [2.75, 3.05) is 33.2 Å². The highest BCUT2D eigenvalue weighted by Crippen LogP contribution is 2.76. The molecule has 0 aromatic rings. The Morgan fingerprint density at radius 2 is 1.52 bits per heavy atom. The van der Waals surface area contributed by atoms with Crippen LogP contribution in [-0.2, 0) is 9.59 Å². The summed E-state index contributed by atoms with van der Waals surface area (Å²) in [7, 11) is 2.13. The predicted molar refractivity (Wildman–Crippen MR) is 160 cm³/mol. The monoisotopic (exact) mass is 552 g/mol. The van der Waals surface area contributed by atoms with Crippen LogP contribution in [0.1, 0.15) is 106 Å². The molecule has 0 radical (unpaired) electrons. The standard InChI is InChI=1S/C35H56N2O3/c1-22(2)28-24(38)21-35(30(40)37-19-17-36(8)18-20-37)16-15-33(6)23(29(28)35)9-10-26-32(5)13-12-27(39)31(3,4)25(32)11-14-34(26,33)7/h22-23,25-27,39H,9-21H2,1-8H3/t23-,25+,26-,27+,32+,33-,34-,35-/m1/s1. The Bertz CT molecular complexity index is 1120. The average Bonchev–Trinajstić information content (AvgIpc) is 3.20. The van der Waals surface area contributed by atoms with Crippen molar-refractivity contribution in [2.24, 2.45) is 50.7 Å². The minimum atomic E-state index is -0.613. The van der Waals surface area contributed by atoms with Gasteiger partial charge >= 0.3 is 0 Å². The number of amides is 1. The van der Waals surface area contributed by atoms with Gasteiger partial charge in [0.25, 0.3) is 0 Å². The summed E-state index contributed by atoms with van der Waals surface area (Å²) in [6.45, 7) is 20.1. The Hall–Kier alpha value is -1.20. The Morgan fingerprint density at radius 3 is 2.17 bits per heavy atom. The van der Waals surface area contributed by atoms with Gasteiger partial charge in [-0.3, -0.25) is 9.59 Å². The second kappa shape index (κ2) is 9.15. The summed E-state index contributed by atoms with van der Waals surface area (Å²) in [6.07, 6.45) is 8.74. The van der Waals surface area contributed by atoms with Crippen LogP contribution in [0.2, 0.25) is 0 Å². The molecule has 1 aliphatic heterocycles. The van der Waals surface area contributed by atoms with Crippen molar-refractivity contribution in [3.05, 3.63) is 11.1 Å². The van der Waals surface area contributed by atoms with E-state index in [0.29, 0.717) is 24.2 Å². The van der Waals surface area contributed by atoms with E-state index >= 15 is 0 Å². The minimum absolute atomic E-state index is 0.0477. The van der Waals surface area contributed by atoms with Gasteiger partial charge < -0.3 is 14.9 Å². The first-order valence-corrected chi connectivity index (χ1v) is 16.6. The lowest BCUT2D eigenvalue weighted by molar-refractivity contribution is -0.228. The van der Waals surface area contributed by atoms with Gasteiger partial charge in [-0.15, -0.1) is 0 Å². The van der Waals surface area contributed by atoms with E-state index in [1.54, 1.807) is 0 Å². The topological polar surface area (TPSA) is 60.9 Å². The molecular weight excluding hydrogens is 496 g/mol. The second-order valence-electron chi connectivity index (χ2n) is 16.7. The van der Waals surface area contributed by atoms with Gasteiger partial charge in [-0.1, -0.05) is 48.5 Å². The fourth-order valence-corrected chi connectivity index (χ4v) is 12.2. The summed E-state index contributed by atoms with van der Waals surface area (Å²) in [6, 6.07) is 0. The lowest BCUT2D eigenvalue weighted by Gasteiger charge is -2.72. The number of aliphatic hydroxyl groups is 1. The molecular formula is C35H56N2O3. The predicted octanol–water partition coefficient (Wildman–Crippen LogP) is 6.10. The van der Waals surface area contributed by atoms with E-state index in [-0.39, 0.29) is 45.4 Å². The van der Waals surface area contributed by atoms with Crippen LogP contribution in [0.4, 0.5) is 0 Å². The number of ketones is 1. The first kappa shape index (κ1) is 28.9. The maximum Gasteiger partial charge on any atom is 0.233 e. The fraction of sp³-hybridized carbons (Fsp3) is 0.886. The molecule has 224 valence electrons. The molecule has 1 N–H and O–H groups in total. The zero-order valence-electron chi connectivity index (χ0n) is 26.7. The van der Waals surface area contributed by atoms with Crippen molar-refractivity contribution in [1.29, 1.82) is 0 Å². The lowest BCUT2D eigenvalue weighted by Crippen LogP contribution is -2.66. The van der Waals surface area contributed by atoms with E-state index < -0.39 is 5.41 Å². The Morgan fingerprint density at radius 1 is 0.850 bits per heavy atom. The number of hydrogen-bond acceptors (Lipinski definition) is 4. The average molecular weight is 553 g/mol. The number of hydrogen-bond donors (Lipinski definition) is 1. The molecule has 0 aromatic carbocycles. The molecule has 1 heterocycles. The van der Waals surface area contributed by atoms with E-state index in [1.807, 2.05) is 0 Å². The van der Waals surface area contributed by atoms with Gasteiger partial charge in [-0.2, -0.15) is 0 Å². The van der Waals surface area contributed by atoms with Crippen molar-refractivity contribution in [3.8, 4) is 0 Å². The number of aliphatic hydroxyl groups excluding tert-OH is 1. The molecule has 5 nitrogen and oxygen atoms in total. The third kappa shape index (κ3) is 3.58. The largest absolute Gasteiger partial charge is 0.393 e. The highest BCUT2D eigenvalue weighted by Gasteiger charge is 2.71. The smallest absolute Gasteiger partial charge is 0.233 e. The highest BCUT2D eigenvalue weighted by molar-refractivity contribution is 6.07. The molecule has 0 bridgehead atoms. The van der Waals surface area contributed by atoms with E-state index in [9.17, 15) is 14.7 Å². The van der Waals surface area contributed by atoms with Crippen molar-refractivity contribution in [3.63, 3.8) is 0 Å². The van der Waals surface area contributed by atoms with Gasteiger partial charge in [-0.05, 0) is 115 Å². The zero-order valence-corrected chi connectivity index (χ0v) is 26.7. The van der Waals surface area contributed by atoms with Crippen molar-refractivity contribution in [2.45, 2.75) is 112 Å².